The Morgan fingerprint density at radius 1 is 1.41 bits per heavy atom. The van der Waals surface area contributed by atoms with Gasteiger partial charge in [-0.25, -0.2) is 0 Å². The molecule has 2 rings (SSSR count). The molecule has 0 unspecified atom stereocenters. The Hall–Kier alpha value is -0.640. The fourth-order valence-corrected chi connectivity index (χ4v) is 2.22. The first-order valence-corrected chi connectivity index (χ1v) is 6.71. The van der Waals surface area contributed by atoms with Crippen molar-refractivity contribution in [1.29, 1.82) is 0 Å². The van der Waals surface area contributed by atoms with Gasteiger partial charge in [-0.3, -0.25) is 4.90 Å². The third-order valence-corrected chi connectivity index (χ3v) is 3.61. The van der Waals surface area contributed by atoms with Gasteiger partial charge in [-0.2, -0.15) is 0 Å². The normalized spacial score (nSPS) is 15.2. The molecule has 0 spiro atoms. The molecule has 0 aromatic heterocycles. The molecule has 1 aliphatic rings. The van der Waals surface area contributed by atoms with Crippen molar-refractivity contribution in [2.75, 3.05) is 6.54 Å². The minimum atomic E-state index is 0.592. The average Bonchev–Trinajstić information content (AvgIpc) is 3.10. The first-order chi connectivity index (χ1) is 8.16. The SMILES string of the molecule is NC(=S)CCN(Cc1ccccc1Cl)C1CC1. The van der Waals surface area contributed by atoms with Crippen molar-refractivity contribution < 1.29 is 0 Å². The number of rotatable bonds is 6. The molecule has 1 aromatic rings. The van der Waals surface area contributed by atoms with Crippen LogP contribution in [-0.4, -0.2) is 22.5 Å². The highest BCUT2D eigenvalue weighted by Crippen LogP contribution is 2.29. The van der Waals surface area contributed by atoms with Gasteiger partial charge in [0.15, 0.2) is 0 Å². The van der Waals surface area contributed by atoms with Gasteiger partial charge in [-0.1, -0.05) is 42.0 Å². The van der Waals surface area contributed by atoms with Crippen LogP contribution in [0.25, 0.3) is 0 Å². The second kappa shape index (κ2) is 5.80. The highest BCUT2D eigenvalue weighted by atomic mass is 35.5. The van der Waals surface area contributed by atoms with Gasteiger partial charge >= 0.3 is 0 Å². The largest absolute Gasteiger partial charge is 0.393 e. The van der Waals surface area contributed by atoms with E-state index in [0.29, 0.717) is 11.0 Å². The van der Waals surface area contributed by atoms with Crippen LogP contribution in [0.2, 0.25) is 5.02 Å². The third kappa shape index (κ3) is 3.95. The number of thiocarbonyl (C=S) groups is 1. The van der Waals surface area contributed by atoms with E-state index in [1.807, 2.05) is 18.2 Å². The fourth-order valence-electron chi connectivity index (χ4n) is 1.93. The summed E-state index contributed by atoms with van der Waals surface area (Å²) in [5.41, 5.74) is 6.75. The van der Waals surface area contributed by atoms with Crippen molar-refractivity contribution in [3.8, 4) is 0 Å². The molecular formula is C13H17ClN2S. The van der Waals surface area contributed by atoms with Crippen LogP contribution in [0.5, 0.6) is 0 Å². The Labute approximate surface area is 113 Å². The fraction of sp³-hybridized carbons (Fsp3) is 0.462. The van der Waals surface area contributed by atoms with E-state index in [9.17, 15) is 0 Å². The van der Waals surface area contributed by atoms with Crippen molar-refractivity contribution >= 4 is 28.8 Å². The van der Waals surface area contributed by atoms with Crippen LogP contribution >= 0.6 is 23.8 Å². The standard InChI is InChI=1S/C13H17ClN2S/c14-12-4-2-1-3-10(12)9-16(11-5-6-11)8-7-13(15)17/h1-4,11H,5-9H2,(H2,15,17). The van der Waals surface area contributed by atoms with Gasteiger partial charge in [0.25, 0.3) is 0 Å². The summed E-state index contributed by atoms with van der Waals surface area (Å²) in [5.74, 6) is 0. The van der Waals surface area contributed by atoms with Crippen LogP contribution < -0.4 is 5.73 Å². The Bertz CT molecular complexity index is 404. The number of hydrogen-bond acceptors (Lipinski definition) is 2. The van der Waals surface area contributed by atoms with E-state index in [4.69, 9.17) is 29.6 Å². The zero-order valence-corrected chi connectivity index (χ0v) is 11.3. The molecule has 0 aliphatic heterocycles. The molecule has 2 nitrogen and oxygen atoms in total. The van der Waals surface area contributed by atoms with E-state index in [-0.39, 0.29) is 0 Å². The summed E-state index contributed by atoms with van der Waals surface area (Å²) >= 11 is 11.1. The van der Waals surface area contributed by atoms with E-state index in [0.717, 1.165) is 24.5 Å². The summed E-state index contributed by atoms with van der Waals surface area (Å²) in [7, 11) is 0. The van der Waals surface area contributed by atoms with Crippen molar-refractivity contribution in [3.05, 3.63) is 34.9 Å². The first kappa shape index (κ1) is 12.8. The molecule has 17 heavy (non-hydrogen) atoms. The molecule has 0 saturated heterocycles. The van der Waals surface area contributed by atoms with Crippen molar-refractivity contribution in [1.82, 2.24) is 4.90 Å². The monoisotopic (exact) mass is 268 g/mol. The number of hydrogen-bond donors (Lipinski definition) is 1. The van der Waals surface area contributed by atoms with E-state index >= 15 is 0 Å². The number of nitrogens with two attached hydrogens (primary N) is 1. The molecule has 1 fully saturated rings. The van der Waals surface area contributed by atoms with Gasteiger partial charge in [0.2, 0.25) is 0 Å². The molecule has 1 aromatic carbocycles. The topological polar surface area (TPSA) is 29.3 Å². The van der Waals surface area contributed by atoms with Gasteiger partial charge in [-0.05, 0) is 24.5 Å². The van der Waals surface area contributed by atoms with Gasteiger partial charge in [0.1, 0.15) is 0 Å². The lowest BCUT2D eigenvalue weighted by Crippen LogP contribution is -2.29. The van der Waals surface area contributed by atoms with E-state index in [2.05, 4.69) is 11.0 Å². The highest BCUT2D eigenvalue weighted by Gasteiger charge is 2.28. The summed E-state index contributed by atoms with van der Waals surface area (Å²) in [5, 5.41) is 0.841. The second-order valence-electron chi connectivity index (χ2n) is 4.51. The van der Waals surface area contributed by atoms with E-state index in [1.165, 1.54) is 18.4 Å². The van der Waals surface area contributed by atoms with Crippen LogP contribution in [-0.2, 0) is 6.54 Å². The Kier molecular flexibility index (Phi) is 4.37. The molecule has 1 aliphatic carbocycles. The highest BCUT2D eigenvalue weighted by molar-refractivity contribution is 7.80. The maximum absolute atomic E-state index is 6.18. The summed E-state index contributed by atoms with van der Waals surface area (Å²) < 4.78 is 0. The maximum Gasteiger partial charge on any atom is 0.0740 e. The molecule has 2 N–H and O–H groups in total. The number of benzene rings is 1. The lowest BCUT2D eigenvalue weighted by atomic mass is 10.2. The quantitative estimate of drug-likeness (QED) is 0.805. The minimum Gasteiger partial charge on any atom is -0.393 e. The lowest BCUT2D eigenvalue weighted by molar-refractivity contribution is 0.263. The van der Waals surface area contributed by atoms with Crippen LogP contribution in [0.1, 0.15) is 24.8 Å². The van der Waals surface area contributed by atoms with Crippen molar-refractivity contribution in [3.63, 3.8) is 0 Å². The molecular weight excluding hydrogens is 252 g/mol. The van der Waals surface area contributed by atoms with E-state index in [1.54, 1.807) is 0 Å². The van der Waals surface area contributed by atoms with Crippen LogP contribution in [0.15, 0.2) is 24.3 Å². The maximum atomic E-state index is 6.18. The zero-order chi connectivity index (χ0) is 12.3. The molecule has 1 saturated carbocycles. The smallest absolute Gasteiger partial charge is 0.0740 e. The molecule has 0 radical (unpaired) electrons. The van der Waals surface area contributed by atoms with Gasteiger partial charge in [0, 0.05) is 30.6 Å². The van der Waals surface area contributed by atoms with Gasteiger partial charge < -0.3 is 5.73 Å². The predicted molar refractivity (Wildman–Crippen MR) is 76.3 cm³/mol. The number of halogens is 1. The Morgan fingerprint density at radius 2 is 2.12 bits per heavy atom. The molecule has 0 atom stereocenters. The number of nitrogens with zero attached hydrogens (tertiary/aromatic N) is 1. The minimum absolute atomic E-state index is 0.592. The zero-order valence-electron chi connectivity index (χ0n) is 9.73. The first-order valence-electron chi connectivity index (χ1n) is 5.92. The van der Waals surface area contributed by atoms with Gasteiger partial charge in [0.05, 0.1) is 4.99 Å². The Morgan fingerprint density at radius 3 is 2.71 bits per heavy atom. The average molecular weight is 269 g/mol. The third-order valence-electron chi connectivity index (χ3n) is 3.04. The van der Waals surface area contributed by atoms with Gasteiger partial charge in [-0.15, -0.1) is 0 Å². The molecule has 0 bridgehead atoms. The second-order valence-corrected chi connectivity index (χ2v) is 5.44. The van der Waals surface area contributed by atoms with Crippen LogP contribution in [0.4, 0.5) is 0 Å². The van der Waals surface area contributed by atoms with Crippen LogP contribution in [0, 0.1) is 0 Å². The van der Waals surface area contributed by atoms with Crippen molar-refractivity contribution in [2.24, 2.45) is 5.73 Å². The lowest BCUT2D eigenvalue weighted by Gasteiger charge is -2.22. The Balaban J connectivity index is 1.97. The van der Waals surface area contributed by atoms with E-state index < -0.39 is 0 Å². The molecule has 4 heteroatoms. The summed E-state index contributed by atoms with van der Waals surface area (Å²) in [6.45, 7) is 1.83. The molecule has 0 amide bonds. The summed E-state index contributed by atoms with van der Waals surface area (Å²) in [4.78, 5) is 3.02. The summed E-state index contributed by atoms with van der Waals surface area (Å²) in [6.07, 6.45) is 3.35. The molecule has 0 heterocycles. The molecule has 92 valence electrons. The predicted octanol–water partition coefficient (Wildman–Crippen LogP) is 2.98. The van der Waals surface area contributed by atoms with Crippen molar-refractivity contribution in [2.45, 2.75) is 31.8 Å². The summed E-state index contributed by atoms with van der Waals surface area (Å²) in [6, 6.07) is 8.71. The van der Waals surface area contributed by atoms with Crippen LogP contribution in [0.3, 0.4) is 0 Å².